The molecule has 33 heavy (non-hydrogen) atoms. The van der Waals surface area contributed by atoms with Crippen LogP contribution in [0.2, 0.25) is 0 Å². The Balaban J connectivity index is 1.60. The molecule has 0 saturated heterocycles. The number of carbonyl (C=O) groups excluding carboxylic acids is 3. The van der Waals surface area contributed by atoms with Crippen LogP contribution in [0.3, 0.4) is 0 Å². The standard InChI is InChI=1S/C26H28N2O5/c1-17(2)14-22(19-8-5-4-6-9-19)27-24(29)16-33-26(31)20-12-11-18(3)21(15-20)28-25(30)23-10-7-13-32-23/h4-13,15,17,22H,14,16H2,1-3H3,(H,27,29)(H,28,30). The highest BCUT2D eigenvalue weighted by molar-refractivity contribution is 6.03. The number of rotatable bonds is 9. The molecule has 7 nitrogen and oxygen atoms in total. The van der Waals surface area contributed by atoms with Gasteiger partial charge in [0.25, 0.3) is 11.8 Å². The minimum atomic E-state index is -0.654. The minimum absolute atomic E-state index is 0.161. The van der Waals surface area contributed by atoms with Crippen molar-refractivity contribution in [2.24, 2.45) is 5.92 Å². The molecular formula is C26H28N2O5. The number of furan rings is 1. The van der Waals surface area contributed by atoms with Gasteiger partial charge in [0, 0.05) is 5.69 Å². The average Bonchev–Trinajstić information content (AvgIpc) is 3.34. The lowest BCUT2D eigenvalue weighted by Gasteiger charge is -2.21. The van der Waals surface area contributed by atoms with Gasteiger partial charge in [0.2, 0.25) is 0 Å². The lowest BCUT2D eigenvalue weighted by atomic mass is 9.97. The van der Waals surface area contributed by atoms with E-state index in [9.17, 15) is 14.4 Å². The first kappa shape index (κ1) is 23.8. The van der Waals surface area contributed by atoms with Gasteiger partial charge in [0.1, 0.15) is 0 Å². The van der Waals surface area contributed by atoms with Crippen LogP contribution in [0.1, 0.15) is 58.3 Å². The van der Waals surface area contributed by atoms with Gasteiger partial charge in [-0.15, -0.1) is 0 Å². The topological polar surface area (TPSA) is 97.6 Å². The predicted molar refractivity (Wildman–Crippen MR) is 125 cm³/mol. The van der Waals surface area contributed by atoms with Crippen LogP contribution in [0.5, 0.6) is 0 Å². The summed E-state index contributed by atoms with van der Waals surface area (Å²) in [6.45, 7) is 5.57. The molecule has 2 N–H and O–H groups in total. The number of carbonyl (C=O) groups is 3. The van der Waals surface area contributed by atoms with Crippen molar-refractivity contribution in [2.75, 3.05) is 11.9 Å². The summed E-state index contributed by atoms with van der Waals surface area (Å²) in [5.74, 6) is -0.922. The Labute approximate surface area is 193 Å². The van der Waals surface area contributed by atoms with Crippen LogP contribution in [-0.4, -0.2) is 24.4 Å². The van der Waals surface area contributed by atoms with Crippen molar-refractivity contribution in [3.05, 3.63) is 89.4 Å². The third-order valence-corrected chi connectivity index (χ3v) is 5.05. The van der Waals surface area contributed by atoms with E-state index < -0.39 is 18.5 Å². The summed E-state index contributed by atoms with van der Waals surface area (Å²) < 4.78 is 10.3. The van der Waals surface area contributed by atoms with Crippen LogP contribution in [-0.2, 0) is 9.53 Å². The Bertz CT molecular complexity index is 1090. The zero-order chi connectivity index (χ0) is 23.8. The second-order valence-electron chi connectivity index (χ2n) is 8.20. The highest BCUT2D eigenvalue weighted by Crippen LogP contribution is 2.21. The lowest BCUT2D eigenvalue weighted by molar-refractivity contribution is -0.125. The molecule has 0 bridgehead atoms. The van der Waals surface area contributed by atoms with Gasteiger partial charge in [-0.2, -0.15) is 0 Å². The summed E-state index contributed by atoms with van der Waals surface area (Å²) in [5.41, 5.74) is 2.45. The van der Waals surface area contributed by atoms with E-state index in [2.05, 4.69) is 24.5 Å². The van der Waals surface area contributed by atoms with Crippen molar-refractivity contribution in [1.82, 2.24) is 5.32 Å². The van der Waals surface area contributed by atoms with Gasteiger partial charge in [-0.05, 0) is 54.7 Å². The number of nitrogens with one attached hydrogen (secondary N) is 2. The Morgan fingerprint density at radius 2 is 1.76 bits per heavy atom. The van der Waals surface area contributed by atoms with E-state index in [1.54, 1.807) is 31.2 Å². The number of ether oxygens (including phenoxy) is 1. The van der Waals surface area contributed by atoms with E-state index in [4.69, 9.17) is 9.15 Å². The summed E-state index contributed by atoms with van der Waals surface area (Å²) >= 11 is 0. The van der Waals surface area contributed by atoms with E-state index in [1.807, 2.05) is 30.3 Å². The molecule has 172 valence electrons. The first-order valence-electron chi connectivity index (χ1n) is 10.8. The number of anilines is 1. The number of hydrogen-bond acceptors (Lipinski definition) is 5. The fraction of sp³-hybridized carbons (Fsp3) is 0.269. The van der Waals surface area contributed by atoms with Gasteiger partial charge in [0.05, 0.1) is 17.9 Å². The summed E-state index contributed by atoms with van der Waals surface area (Å²) in [4.78, 5) is 37.3. The van der Waals surface area contributed by atoms with Crippen molar-refractivity contribution < 1.29 is 23.5 Å². The Morgan fingerprint density at radius 1 is 1.00 bits per heavy atom. The van der Waals surface area contributed by atoms with Gasteiger partial charge in [0.15, 0.2) is 12.4 Å². The molecule has 3 aromatic rings. The first-order valence-corrected chi connectivity index (χ1v) is 10.8. The normalized spacial score (nSPS) is 11.6. The highest BCUT2D eigenvalue weighted by Gasteiger charge is 2.18. The molecule has 0 aliphatic rings. The van der Waals surface area contributed by atoms with E-state index in [0.29, 0.717) is 11.6 Å². The third kappa shape index (κ3) is 6.80. The van der Waals surface area contributed by atoms with Gasteiger partial charge >= 0.3 is 5.97 Å². The maximum Gasteiger partial charge on any atom is 0.338 e. The Morgan fingerprint density at radius 3 is 2.42 bits per heavy atom. The SMILES string of the molecule is Cc1ccc(C(=O)OCC(=O)NC(CC(C)C)c2ccccc2)cc1NC(=O)c1ccco1. The van der Waals surface area contributed by atoms with Crippen LogP contribution < -0.4 is 10.6 Å². The van der Waals surface area contributed by atoms with Crippen molar-refractivity contribution in [2.45, 2.75) is 33.2 Å². The van der Waals surface area contributed by atoms with E-state index in [-0.39, 0.29) is 23.3 Å². The van der Waals surface area contributed by atoms with Gasteiger partial charge < -0.3 is 19.8 Å². The van der Waals surface area contributed by atoms with E-state index in [0.717, 1.165) is 17.5 Å². The molecule has 2 aromatic carbocycles. The first-order chi connectivity index (χ1) is 15.8. The predicted octanol–water partition coefficient (Wildman–Crippen LogP) is 4.90. The zero-order valence-electron chi connectivity index (χ0n) is 19.0. The molecule has 0 aliphatic carbocycles. The second-order valence-corrected chi connectivity index (χ2v) is 8.20. The fourth-order valence-corrected chi connectivity index (χ4v) is 3.36. The van der Waals surface area contributed by atoms with Crippen LogP contribution in [0.25, 0.3) is 0 Å². The highest BCUT2D eigenvalue weighted by atomic mass is 16.5. The number of aryl methyl sites for hydroxylation is 1. The molecule has 0 aliphatic heterocycles. The van der Waals surface area contributed by atoms with Crippen LogP contribution in [0.4, 0.5) is 5.69 Å². The maximum atomic E-state index is 12.5. The molecule has 2 amide bonds. The molecule has 0 radical (unpaired) electrons. The van der Waals surface area contributed by atoms with Crippen LogP contribution >= 0.6 is 0 Å². The lowest BCUT2D eigenvalue weighted by Crippen LogP contribution is -2.33. The molecular weight excluding hydrogens is 420 g/mol. The fourth-order valence-electron chi connectivity index (χ4n) is 3.36. The molecule has 7 heteroatoms. The van der Waals surface area contributed by atoms with Crippen molar-refractivity contribution in [3.8, 4) is 0 Å². The third-order valence-electron chi connectivity index (χ3n) is 5.05. The molecule has 0 fully saturated rings. The molecule has 1 aromatic heterocycles. The van der Waals surface area contributed by atoms with Crippen molar-refractivity contribution >= 4 is 23.5 Å². The van der Waals surface area contributed by atoms with Crippen LogP contribution in [0, 0.1) is 12.8 Å². The maximum absolute atomic E-state index is 12.5. The molecule has 3 rings (SSSR count). The quantitative estimate of drug-likeness (QED) is 0.454. The summed E-state index contributed by atoms with van der Waals surface area (Å²) in [6, 6.07) is 17.5. The monoisotopic (exact) mass is 448 g/mol. The minimum Gasteiger partial charge on any atom is -0.459 e. The number of benzene rings is 2. The Hall–Kier alpha value is -3.87. The second kappa shape index (κ2) is 11.1. The van der Waals surface area contributed by atoms with Crippen LogP contribution in [0.15, 0.2) is 71.3 Å². The molecule has 0 saturated carbocycles. The average molecular weight is 449 g/mol. The molecule has 1 atom stereocenters. The number of amides is 2. The molecule has 0 spiro atoms. The van der Waals surface area contributed by atoms with Crippen molar-refractivity contribution in [3.63, 3.8) is 0 Å². The smallest absolute Gasteiger partial charge is 0.338 e. The van der Waals surface area contributed by atoms with E-state index in [1.165, 1.54) is 12.3 Å². The molecule has 1 heterocycles. The van der Waals surface area contributed by atoms with Gasteiger partial charge in [-0.1, -0.05) is 50.2 Å². The summed E-state index contributed by atoms with van der Waals surface area (Å²) in [7, 11) is 0. The summed E-state index contributed by atoms with van der Waals surface area (Å²) in [6.07, 6.45) is 2.17. The largest absolute Gasteiger partial charge is 0.459 e. The number of hydrogen-bond donors (Lipinski definition) is 2. The van der Waals surface area contributed by atoms with E-state index >= 15 is 0 Å². The van der Waals surface area contributed by atoms with Gasteiger partial charge in [-0.3, -0.25) is 9.59 Å². The number of esters is 1. The summed E-state index contributed by atoms with van der Waals surface area (Å²) in [5, 5.41) is 5.67. The Kier molecular flexibility index (Phi) is 8.02. The molecule has 1 unspecified atom stereocenters. The van der Waals surface area contributed by atoms with Crippen molar-refractivity contribution in [1.29, 1.82) is 0 Å². The zero-order valence-corrected chi connectivity index (χ0v) is 19.0. The van der Waals surface area contributed by atoms with Gasteiger partial charge in [-0.25, -0.2) is 4.79 Å².